The summed E-state index contributed by atoms with van der Waals surface area (Å²) in [6.45, 7) is 2.95. The van der Waals surface area contributed by atoms with Crippen LogP contribution < -0.4 is 10.9 Å². The summed E-state index contributed by atoms with van der Waals surface area (Å²) in [5.74, 6) is 0.446. The zero-order valence-electron chi connectivity index (χ0n) is 16.8. The number of nitrogens with zero attached hydrogens (tertiary/aromatic N) is 4. The lowest BCUT2D eigenvalue weighted by molar-refractivity contribution is -0.116. The standard InChI is InChI=1S/C23H23N5O2/c1-2-17-7-9-18(10-8-17)15-28-21(11-13-25-28)26-22(29)12-14-27-16-24-20-6-4-3-5-19(20)23(27)30/h3-11,13,16H,2,12,14-15H2,1H3,(H,26,29). The van der Waals surface area contributed by atoms with E-state index in [2.05, 4.69) is 46.6 Å². The molecule has 0 saturated heterocycles. The van der Waals surface area contributed by atoms with Gasteiger partial charge in [-0.15, -0.1) is 0 Å². The Bertz CT molecular complexity index is 1220. The Balaban J connectivity index is 1.40. The topological polar surface area (TPSA) is 81.8 Å². The summed E-state index contributed by atoms with van der Waals surface area (Å²) in [5.41, 5.74) is 2.90. The molecule has 30 heavy (non-hydrogen) atoms. The number of amides is 1. The molecule has 7 heteroatoms. The third-order valence-electron chi connectivity index (χ3n) is 5.06. The van der Waals surface area contributed by atoms with E-state index in [0.29, 0.717) is 23.3 Å². The fourth-order valence-corrected chi connectivity index (χ4v) is 3.31. The SMILES string of the molecule is CCc1ccc(Cn2nccc2NC(=O)CCn2cnc3ccccc3c2=O)cc1. The van der Waals surface area contributed by atoms with Crippen LogP contribution in [-0.2, 0) is 24.3 Å². The molecule has 7 nitrogen and oxygen atoms in total. The van der Waals surface area contributed by atoms with Crippen LogP contribution in [0.2, 0.25) is 0 Å². The van der Waals surface area contributed by atoms with E-state index in [9.17, 15) is 9.59 Å². The van der Waals surface area contributed by atoms with E-state index in [1.165, 1.54) is 16.5 Å². The van der Waals surface area contributed by atoms with Crippen molar-refractivity contribution in [3.05, 3.63) is 88.6 Å². The number of aromatic nitrogens is 4. The Morgan fingerprint density at radius 2 is 1.80 bits per heavy atom. The van der Waals surface area contributed by atoms with E-state index in [4.69, 9.17) is 0 Å². The molecular weight excluding hydrogens is 378 g/mol. The highest BCUT2D eigenvalue weighted by Crippen LogP contribution is 2.12. The van der Waals surface area contributed by atoms with Gasteiger partial charge in [-0.25, -0.2) is 9.67 Å². The first kappa shape index (κ1) is 19.6. The Hall–Kier alpha value is -3.74. The molecule has 0 aliphatic rings. The molecule has 1 amide bonds. The number of fused-ring (bicyclic) bond motifs is 1. The summed E-state index contributed by atoms with van der Waals surface area (Å²) >= 11 is 0. The number of rotatable bonds is 7. The van der Waals surface area contributed by atoms with Crippen molar-refractivity contribution in [1.82, 2.24) is 19.3 Å². The molecule has 0 bridgehead atoms. The van der Waals surface area contributed by atoms with Crippen molar-refractivity contribution >= 4 is 22.6 Å². The molecule has 2 aromatic carbocycles. The zero-order valence-corrected chi connectivity index (χ0v) is 16.8. The predicted octanol–water partition coefficient (Wildman–Crippen LogP) is 3.23. The van der Waals surface area contributed by atoms with Crippen molar-refractivity contribution in [2.45, 2.75) is 32.9 Å². The van der Waals surface area contributed by atoms with Gasteiger partial charge in [0.05, 0.1) is 30.0 Å². The lowest BCUT2D eigenvalue weighted by Gasteiger charge is -2.10. The summed E-state index contributed by atoms with van der Waals surface area (Å²) < 4.78 is 3.22. The molecule has 4 aromatic rings. The van der Waals surface area contributed by atoms with Crippen LogP contribution in [0.3, 0.4) is 0 Å². The summed E-state index contributed by atoms with van der Waals surface area (Å²) in [4.78, 5) is 29.3. The van der Waals surface area contributed by atoms with E-state index in [-0.39, 0.29) is 24.4 Å². The molecule has 2 heterocycles. The van der Waals surface area contributed by atoms with Crippen molar-refractivity contribution in [2.24, 2.45) is 0 Å². The van der Waals surface area contributed by atoms with Crippen LogP contribution in [0, 0.1) is 0 Å². The summed E-state index contributed by atoms with van der Waals surface area (Å²) in [6, 6.07) is 17.3. The Morgan fingerprint density at radius 3 is 2.60 bits per heavy atom. The highest BCUT2D eigenvalue weighted by molar-refractivity contribution is 5.89. The quantitative estimate of drug-likeness (QED) is 0.515. The number of benzene rings is 2. The van der Waals surface area contributed by atoms with Gasteiger partial charge in [-0.2, -0.15) is 5.10 Å². The number of hydrogen-bond donors (Lipinski definition) is 1. The highest BCUT2D eigenvalue weighted by Gasteiger charge is 2.10. The summed E-state index contributed by atoms with van der Waals surface area (Å²) in [6.07, 6.45) is 4.31. The first-order valence-electron chi connectivity index (χ1n) is 9.97. The number of nitrogens with one attached hydrogen (secondary N) is 1. The maximum absolute atomic E-state index is 12.5. The molecule has 0 unspecified atom stereocenters. The summed E-state index contributed by atoms with van der Waals surface area (Å²) in [7, 11) is 0. The Labute approximate surface area is 174 Å². The van der Waals surface area contributed by atoms with Gasteiger partial charge in [-0.3, -0.25) is 14.2 Å². The minimum Gasteiger partial charge on any atom is -0.311 e. The third-order valence-corrected chi connectivity index (χ3v) is 5.06. The maximum Gasteiger partial charge on any atom is 0.261 e. The van der Waals surface area contributed by atoms with E-state index < -0.39 is 0 Å². The molecule has 2 aromatic heterocycles. The van der Waals surface area contributed by atoms with Crippen LogP contribution in [0.5, 0.6) is 0 Å². The van der Waals surface area contributed by atoms with Crippen LogP contribution >= 0.6 is 0 Å². The number of para-hydroxylation sites is 1. The van der Waals surface area contributed by atoms with Crippen LogP contribution in [0.25, 0.3) is 10.9 Å². The minimum absolute atomic E-state index is 0.144. The number of hydrogen-bond acceptors (Lipinski definition) is 4. The van der Waals surface area contributed by atoms with Gasteiger partial charge >= 0.3 is 0 Å². The molecule has 0 fully saturated rings. The number of carbonyl (C=O) groups is 1. The van der Waals surface area contributed by atoms with E-state index in [1.807, 2.05) is 6.07 Å². The number of aryl methyl sites for hydroxylation is 2. The van der Waals surface area contributed by atoms with Crippen molar-refractivity contribution in [1.29, 1.82) is 0 Å². The van der Waals surface area contributed by atoms with Crippen LogP contribution in [0.15, 0.2) is 71.9 Å². The molecule has 0 spiro atoms. The fraction of sp³-hybridized carbons (Fsp3) is 0.217. The third kappa shape index (κ3) is 4.30. The molecular formula is C23H23N5O2. The van der Waals surface area contributed by atoms with Gasteiger partial charge < -0.3 is 5.32 Å². The molecule has 0 aliphatic carbocycles. The van der Waals surface area contributed by atoms with Crippen molar-refractivity contribution in [3.63, 3.8) is 0 Å². The first-order valence-corrected chi connectivity index (χ1v) is 9.97. The normalized spacial score (nSPS) is 11.0. The van der Waals surface area contributed by atoms with Gasteiger partial charge in [-0.05, 0) is 29.7 Å². The largest absolute Gasteiger partial charge is 0.311 e. The van der Waals surface area contributed by atoms with E-state index in [0.717, 1.165) is 12.0 Å². The second kappa shape index (κ2) is 8.73. The van der Waals surface area contributed by atoms with Crippen molar-refractivity contribution in [3.8, 4) is 0 Å². The van der Waals surface area contributed by atoms with Gasteiger partial charge in [-0.1, -0.05) is 43.3 Å². The molecule has 0 atom stereocenters. The van der Waals surface area contributed by atoms with Gasteiger partial charge in [0, 0.05) is 19.0 Å². The Morgan fingerprint density at radius 1 is 1.03 bits per heavy atom. The average molecular weight is 401 g/mol. The predicted molar refractivity (Wildman–Crippen MR) is 116 cm³/mol. The zero-order chi connectivity index (χ0) is 20.9. The van der Waals surface area contributed by atoms with Crippen LogP contribution in [0.4, 0.5) is 5.82 Å². The van der Waals surface area contributed by atoms with Crippen molar-refractivity contribution in [2.75, 3.05) is 5.32 Å². The lowest BCUT2D eigenvalue weighted by atomic mass is 10.1. The fourth-order valence-electron chi connectivity index (χ4n) is 3.31. The molecule has 4 rings (SSSR count). The highest BCUT2D eigenvalue weighted by atomic mass is 16.2. The van der Waals surface area contributed by atoms with Crippen LogP contribution in [0.1, 0.15) is 24.5 Å². The Kier molecular flexibility index (Phi) is 5.70. The molecule has 152 valence electrons. The monoisotopic (exact) mass is 401 g/mol. The average Bonchev–Trinajstić information content (AvgIpc) is 3.20. The van der Waals surface area contributed by atoms with Gasteiger partial charge in [0.15, 0.2) is 0 Å². The minimum atomic E-state index is -0.182. The van der Waals surface area contributed by atoms with Gasteiger partial charge in [0.25, 0.3) is 5.56 Å². The molecule has 0 radical (unpaired) electrons. The molecule has 0 aliphatic heterocycles. The molecule has 0 saturated carbocycles. The van der Waals surface area contributed by atoms with E-state index >= 15 is 0 Å². The van der Waals surface area contributed by atoms with Crippen LogP contribution in [-0.4, -0.2) is 25.2 Å². The smallest absolute Gasteiger partial charge is 0.261 e. The molecule has 1 N–H and O–H groups in total. The first-order chi connectivity index (χ1) is 14.6. The van der Waals surface area contributed by atoms with Crippen molar-refractivity contribution < 1.29 is 4.79 Å². The summed E-state index contributed by atoms with van der Waals surface area (Å²) in [5, 5.41) is 7.75. The van der Waals surface area contributed by atoms with E-state index in [1.54, 1.807) is 35.1 Å². The number of carbonyl (C=O) groups excluding carboxylic acids is 1. The van der Waals surface area contributed by atoms with Gasteiger partial charge in [0.1, 0.15) is 5.82 Å². The van der Waals surface area contributed by atoms with Gasteiger partial charge in [0.2, 0.25) is 5.91 Å². The number of anilines is 1. The maximum atomic E-state index is 12.5. The second-order valence-electron chi connectivity index (χ2n) is 7.10. The lowest BCUT2D eigenvalue weighted by Crippen LogP contribution is -2.24. The second-order valence-corrected chi connectivity index (χ2v) is 7.10.